The molecule has 3 aliphatic rings. The Morgan fingerprint density at radius 1 is 1.10 bits per heavy atom. The predicted molar refractivity (Wildman–Crippen MR) is 112 cm³/mol. The van der Waals surface area contributed by atoms with Crippen LogP contribution in [0, 0.1) is 23.6 Å². The Labute approximate surface area is 180 Å². The van der Waals surface area contributed by atoms with Gasteiger partial charge in [-0.2, -0.15) is 0 Å². The van der Waals surface area contributed by atoms with E-state index in [4.69, 9.17) is 0 Å². The highest BCUT2D eigenvalue weighted by molar-refractivity contribution is 5.89. The molecule has 158 valence electrons. The molecule has 2 amide bonds. The highest BCUT2D eigenvalue weighted by Gasteiger charge is 2.55. The molecule has 1 saturated carbocycles. The molecule has 2 heterocycles. The Morgan fingerprint density at radius 3 is 2.52 bits per heavy atom. The molecule has 0 bridgehead atoms. The zero-order chi connectivity index (χ0) is 21.5. The maximum absolute atomic E-state index is 13.3. The van der Waals surface area contributed by atoms with Crippen LogP contribution in [0.5, 0.6) is 0 Å². The van der Waals surface area contributed by atoms with Gasteiger partial charge < -0.3 is 14.9 Å². The molecular formula is C25H23FN2O3. The van der Waals surface area contributed by atoms with Crippen molar-refractivity contribution in [3.63, 3.8) is 0 Å². The number of amides is 2. The van der Waals surface area contributed by atoms with Gasteiger partial charge in [-0.25, -0.2) is 4.39 Å². The molecule has 0 spiro atoms. The van der Waals surface area contributed by atoms with Crippen molar-refractivity contribution in [2.75, 3.05) is 19.7 Å². The van der Waals surface area contributed by atoms with Crippen molar-refractivity contribution in [1.29, 1.82) is 0 Å². The quantitative estimate of drug-likeness (QED) is 0.777. The van der Waals surface area contributed by atoms with Gasteiger partial charge in [0.15, 0.2) is 0 Å². The van der Waals surface area contributed by atoms with E-state index in [0.29, 0.717) is 12.1 Å². The second kappa shape index (κ2) is 7.82. The lowest BCUT2D eigenvalue weighted by Crippen LogP contribution is -2.73. The topological polar surface area (TPSA) is 60.9 Å². The smallest absolute Gasteiger partial charge is 0.242 e. The van der Waals surface area contributed by atoms with Crippen LogP contribution < -0.4 is 0 Å². The number of aliphatic hydroxyl groups excluding tert-OH is 1. The van der Waals surface area contributed by atoms with Crippen molar-refractivity contribution in [3.05, 3.63) is 71.0 Å². The summed E-state index contributed by atoms with van der Waals surface area (Å²) in [7, 11) is 0. The predicted octanol–water partition coefficient (Wildman–Crippen LogP) is 2.13. The highest BCUT2D eigenvalue weighted by Crippen LogP contribution is 2.43. The minimum atomic E-state index is -0.317. The average molecular weight is 418 g/mol. The lowest BCUT2D eigenvalue weighted by Gasteiger charge is -2.58. The summed E-state index contributed by atoms with van der Waals surface area (Å²) in [6.45, 7) is 0.525. The molecule has 0 radical (unpaired) electrons. The number of carbonyl (C=O) groups excluding carboxylic acids is 2. The first kappa shape index (κ1) is 19.8. The lowest BCUT2D eigenvalue weighted by atomic mass is 9.73. The van der Waals surface area contributed by atoms with Crippen LogP contribution in [0.1, 0.15) is 35.4 Å². The number of halogens is 1. The fraction of sp³-hybridized carbons (Fsp3) is 0.360. The van der Waals surface area contributed by atoms with Gasteiger partial charge in [0.2, 0.25) is 11.8 Å². The number of rotatable bonds is 3. The Bertz CT molecular complexity index is 1080. The number of hydrogen-bond acceptors (Lipinski definition) is 3. The number of hydrogen-bond donors (Lipinski definition) is 1. The first-order chi connectivity index (χ1) is 15.0. The average Bonchev–Trinajstić information content (AvgIpc) is 3.59. The van der Waals surface area contributed by atoms with Crippen LogP contribution in [-0.2, 0) is 9.59 Å². The molecule has 2 aromatic carbocycles. The standard InChI is InChI=1S/C25H23FN2O3/c26-20-3-1-2-17(12-20)5-4-16-6-8-18(9-7-16)24-21-13-27(25(31)19-10-11-19)14-23(30)28(21)22(24)15-29/h1-3,6-9,12,19,21-22,24,29H,10-11,13-15H2/t21-,22-,24-/m1/s1. The Kier molecular flexibility index (Phi) is 4.99. The fourth-order valence-corrected chi connectivity index (χ4v) is 4.76. The van der Waals surface area contributed by atoms with Crippen LogP contribution in [0.15, 0.2) is 48.5 Å². The number of carbonyl (C=O) groups is 2. The Morgan fingerprint density at radius 2 is 1.84 bits per heavy atom. The summed E-state index contributed by atoms with van der Waals surface area (Å²) in [5, 5.41) is 9.91. The maximum Gasteiger partial charge on any atom is 0.242 e. The van der Waals surface area contributed by atoms with E-state index in [2.05, 4.69) is 11.8 Å². The Hall–Kier alpha value is -3.17. The van der Waals surface area contributed by atoms with Crippen molar-refractivity contribution in [1.82, 2.24) is 9.80 Å². The molecule has 2 aliphatic heterocycles. The zero-order valence-corrected chi connectivity index (χ0v) is 17.0. The number of benzene rings is 2. The van der Waals surface area contributed by atoms with Gasteiger partial charge in [-0.1, -0.05) is 30.0 Å². The van der Waals surface area contributed by atoms with Crippen molar-refractivity contribution >= 4 is 11.8 Å². The summed E-state index contributed by atoms with van der Waals surface area (Å²) in [6, 6.07) is 13.5. The summed E-state index contributed by atoms with van der Waals surface area (Å²) in [6.07, 6.45) is 1.83. The molecular weight excluding hydrogens is 395 g/mol. The number of nitrogens with zero attached hydrogens (tertiary/aromatic N) is 2. The zero-order valence-electron chi connectivity index (χ0n) is 17.0. The SMILES string of the molecule is O=C(C1CC1)N1CC(=O)N2[C@H](CO)[C@H](c3ccc(C#Cc4cccc(F)c4)cc3)[C@H]2C1. The van der Waals surface area contributed by atoms with Gasteiger partial charge in [-0.3, -0.25) is 9.59 Å². The van der Waals surface area contributed by atoms with Crippen molar-refractivity contribution < 1.29 is 19.1 Å². The molecule has 31 heavy (non-hydrogen) atoms. The van der Waals surface area contributed by atoms with E-state index in [9.17, 15) is 19.1 Å². The van der Waals surface area contributed by atoms with Crippen LogP contribution >= 0.6 is 0 Å². The summed E-state index contributed by atoms with van der Waals surface area (Å²) in [4.78, 5) is 28.6. The number of fused-ring (bicyclic) bond motifs is 1. The fourth-order valence-electron chi connectivity index (χ4n) is 4.76. The van der Waals surface area contributed by atoms with E-state index in [1.807, 2.05) is 24.3 Å². The second-order valence-corrected chi connectivity index (χ2v) is 8.52. The maximum atomic E-state index is 13.3. The van der Waals surface area contributed by atoms with Crippen molar-refractivity contribution in [3.8, 4) is 11.8 Å². The highest BCUT2D eigenvalue weighted by atomic mass is 19.1. The number of aliphatic hydroxyl groups is 1. The molecule has 1 N–H and O–H groups in total. The lowest BCUT2D eigenvalue weighted by molar-refractivity contribution is -0.167. The molecule has 5 rings (SSSR count). The van der Waals surface area contributed by atoms with E-state index in [1.54, 1.807) is 21.9 Å². The third kappa shape index (κ3) is 3.70. The molecule has 2 saturated heterocycles. The van der Waals surface area contributed by atoms with Gasteiger partial charge in [-0.15, -0.1) is 0 Å². The van der Waals surface area contributed by atoms with Gasteiger partial charge in [0.1, 0.15) is 5.82 Å². The molecule has 3 fully saturated rings. The summed E-state index contributed by atoms with van der Waals surface area (Å²) < 4.78 is 13.3. The van der Waals surface area contributed by atoms with Gasteiger partial charge >= 0.3 is 0 Å². The van der Waals surface area contributed by atoms with E-state index >= 15 is 0 Å². The minimum absolute atomic E-state index is 0.0195. The molecule has 5 nitrogen and oxygen atoms in total. The summed E-state index contributed by atoms with van der Waals surface area (Å²) in [5.74, 6) is 5.74. The molecule has 2 aromatic rings. The first-order valence-electron chi connectivity index (χ1n) is 10.6. The molecule has 6 heteroatoms. The van der Waals surface area contributed by atoms with Crippen LogP contribution in [0.2, 0.25) is 0 Å². The van der Waals surface area contributed by atoms with Gasteiger partial charge in [-0.05, 0) is 48.7 Å². The summed E-state index contributed by atoms with van der Waals surface area (Å²) in [5.41, 5.74) is 2.43. The van der Waals surface area contributed by atoms with Crippen LogP contribution in [-0.4, -0.2) is 58.5 Å². The monoisotopic (exact) mass is 418 g/mol. The van der Waals surface area contributed by atoms with Crippen LogP contribution in [0.4, 0.5) is 4.39 Å². The second-order valence-electron chi connectivity index (χ2n) is 8.52. The van der Waals surface area contributed by atoms with Gasteiger partial charge in [0.05, 0.1) is 25.2 Å². The van der Waals surface area contributed by atoms with E-state index in [0.717, 1.165) is 24.0 Å². The van der Waals surface area contributed by atoms with E-state index in [1.165, 1.54) is 12.1 Å². The minimum Gasteiger partial charge on any atom is -0.394 e. The van der Waals surface area contributed by atoms with E-state index < -0.39 is 0 Å². The number of piperazine rings is 1. The largest absolute Gasteiger partial charge is 0.394 e. The van der Waals surface area contributed by atoms with E-state index in [-0.39, 0.29) is 54.7 Å². The first-order valence-corrected chi connectivity index (χ1v) is 10.6. The third-order valence-corrected chi connectivity index (χ3v) is 6.46. The van der Waals surface area contributed by atoms with Crippen LogP contribution in [0.3, 0.4) is 0 Å². The van der Waals surface area contributed by atoms with Gasteiger partial charge in [0, 0.05) is 29.5 Å². The Balaban J connectivity index is 1.34. The normalized spacial score (nSPS) is 24.7. The molecule has 3 atom stereocenters. The van der Waals surface area contributed by atoms with Crippen molar-refractivity contribution in [2.45, 2.75) is 30.8 Å². The van der Waals surface area contributed by atoms with Crippen molar-refractivity contribution in [2.24, 2.45) is 5.92 Å². The third-order valence-electron chi connectivity index (χ3n) is 6.46. The molecule has 0 aromatic heterocycles. The van der Waals surface area contributed by atoms with Crippen LogP contribution in [0.25, 0.3) is 0 Å². The van der Waals surface area contributed by atoms with Gasteiger partial charge in [0.25, 0.3) is 0 Å². The molecule has 0 unspecified atom stereocenters. The summed E-state index contributed by atoms with van der Waals surface area (Å²) >= 11 is 0. The molecule has 1 aliphatic carbocycles.